The number of amides is 1. The van der Waals surface area contributed by atoms with Gasteiger partial charge in [-0.25, -0.2) is 4.68 Å². The predicted molar refractivity (Wildman–Crippen MR) is 72.6 cm³/mol. The molecule has 1 aliphatic rings. The van der Waals surface area contributed by atoms with Gasteiger partial charge in [0.15, 0.2) is 5.17 Å². The van der Waals surface area contributed by atoms with Crippen LogP contribution in [0.25, 0.3) is 0 Å². The van der Waals surface area contributed by atoms with E-state index in [4.69, 9.17) is 4.74 Å². The van der Waals surface area contributed by atoms with Crippen LogP contribution in [-0.4, -0.2) is 46.9 Å². The summed E-state index contributed by atoms with van der Waals surface area (Å²) in [6.07, 6.45) is 0. The second-order valence-corrected chi connectivity index (χ2v) is 4.85. The Bertz CT molecular complexity index is 555. The van der Waals surface area contributed by atoms with Gasteiger partial charge in [0.05, 0.1) is 19.7 Å². The molecule has 0 saturated carbocycles. The third kappa shape index (κ3) is 3.65. The molecule has 0 saturated heterocycles. The summed E-state index contributed by atoms with van der Waals surface area (Å²) in [6.45, 7) is 1.38. The number of thioether (sulfide) groups is 1. The van der Waals surface area contributed by atoms with E-state index in [0.717, 1.165) is 5.75 Å². The number of aliphatic imine (C=N–C) groups is 1. The number of aromatic nitrogens is 2. The first-order chi connectivity index (χ1) is 9.20. The first kappa shape index (κ1) is 13.8. The predicted octanol–water partition coefficient (Wildman–Crippen LogP) is -0.278. The standard InChI is InChI=1S/C11H14N4O3S/c1-18-6-5-15-9(16)3-2-8(14-15)10(17)13-11-12-4-7-19-11/h2-3H,4-7H2,1H3,(H,12,13,17). The Morgan fingerprint density at radius 2 is 2.42 bits per heavy atom. The van der Waals surface area contributed by atoms with Gasteiger partial charge < -0.3 is 4.74 Å². The van der Waals surface area contributed by atoms with E-state index in [1.165, 1.54) is 35.7 Å². The van der Waals surface area contributed by atoms with Crippen LogP contribution in [0.2, 0.25) is 0 Å². The monoisotopic (exact) mass is 282 g/mol. The average Bonchev–Trinajstić information content (AvgIpc) is 2.90. The minimum absolute atomic E-state index is 0.186. The lowest BCUT2D eigenvalue weighted by Gasteiger charge is -2.06. The molecule has 0 spiro atoms. The van der Waals surface area contributed by atoms with Crippen LogP contribution in [0.4, 0.5) is 0 Å². The second-order valence-electron chi connectivity index (χ2n) is 3.76. The number of nitrogens with zero attached hydrogens (tertiary/aromatic N) is 3. The van der Waals surface area contributed by atoms with E-state index < -0.39 is 0 Å². The molecule has 0 bridgehead atoms. The quantitative estimate of drug-likeness (QED) is 0.821. The van der Waals surface area contributed by atoms with Crippen molar-refractivity contribution in [3.05, 3.63) is 28.2 Å². The summed E-state index contributed by atoms with van der Waals surface area (Å²) < 4.78 is 6.10. The molecular formula is C11H14N4O3S. The number of hydrogen-bond donors (Lipinski definition) is 1. The van der Waals surface area contributed by atoms with Crippen molar-refractivity contribution in [2.75, 3.05) is 26.0 Å². The van der Waals surface area contributed by atoms with Gasteiger partial charge in [-0.15, -0.1) is 0 Å². The van der Waals surface area contributed by atoms with Gasteiger partial charge in [-0.3, -0.25) is 19.9 Å². The van der Waals surface area contributed by atoms with Gasteiger partial charge in [0.25, 0.3) is 11.5 Å². The van der Waals surface area contributed by atoms with Crippen LogP contribution in [-0.2, 0) is 11.3 Å². The maximum absolute atomic E-state index is 11.9. The normalized spacial score (nSPS) is 14.3. The fraction of sp³-hybridized carbons (Fsp3) is 0.455. The molecule has 2 rings (SSSR count). The van der Waals surface area contributed by atoms with Crippen molar-refractivity contribution in [3.8, 4) is 0 Å². The zero-order valence-corrected chi connectivity index (χ0v) is 11.3. The van der Waals surface area contributed by atoms with Crippen molar-refractivity contribution in [3.63, 3.8) is 0 Å². The Morgan fingerprint density at radius 3 is 3.11 bits per heavy atom. The van der Waals surface area contributed by atoms with Crippen LogP contribution in [0.3, 0.4) is 0 Å². The molecule has 0 fully saturated rings. The van der Waals surface area contributed by atoms with Gasteiger partial charge >= 0.3 is 0 Å². The number of hydrogen-bond acceptors (Lipinski definition) is 6. The molecular weight excluding hydrogens is 268 g/mol. The maximum Gasteiger partial charge on any atom is 0.277 e. The fourth-order valence-electron chi connectivity index (χ4n) is 1.48. The van der Waals surface area contributed by atoms with Crippen molar-refractivity contribution in [1.29, 1.82) is 0 Å². The van der Waals surface area contributed by atoms with Crippen LogP contribution in [0.15, 0.2) is 21.9 Å². The van der Waals surface area contributed by atoms with E-state index in [2.05, 4.69) is 15.4 Å². The van der Waals surface area contributed by atoms with Crippen molar-refractivity contribution in [1.82, 2.24) is 15.1 Å². The minimum atomic E-state index is -0.362. The van der Waals surface area contributed by atoms with Crippen molar-refractivity contribution >= 4 is 22.8 Å². The highest BCUT2D eigenvalue weighted by Gasteiger charge is 2.14. The van der Waals surface area contributed by atoms with E-state index in [1.807, 2.05) is 0 Å². The molecule has 1 aliphatic heterocycles. The topological polar surface area (TPSA) is 85.6 Å². The highest BCUT2D eigenvalue weighted by molar-refractivity contribution is 8.14. The fourth-order valence-corrected chi connectivity index (χ4v) is 2.20. The summed E-state index contributed by atoms with van der Waals surface area (Å²) in [4.78, 5) is 27.6. The van der Waals surface area contributed by atoms with Crippen LogP contribution in [0, 0.1) is 0 Å². The summed E-state index contributed by atoms with van der Waals surface area (Å²) >= 11 is 1.49. The summed E-state index contributed by atoms with van der Waals surface area (Å²) in [5, 5.41) is 7.26. The SMILES string of the molecule is COCCn1nc(C(=O)NC2=NCCS2)ccc1=O. The summed E-state index contributed by atoms with van der Waals surface area (Å²) in [6, 6.07) is 2.72. The van der Waals surface area contributed by atoms with Gasteiger partial charge in [-0.2, -0.15) is 5.10 Å². The van der Waals surface area contributed by atoms with E-state index >= 15 is 0 Å². The Morgan fingerprint density at radius 1 is 1.58 bits per heavy atom. The van der Waals surface area contributed by atoms with Gasteiger partial charge in [-0.05, 0) is 6.07 Å². The van der Waals surface area contributed by atoms with Gasteiger partial charge in [-0.1, -0.05) is 11.8 Å². The Hall–Kier alpha value is -1.67. The van der Waals surface area contributed by atoms with Crippen molar-refractivity contribution < 1.29 is 9.53 Å². The molecule has 1 aromatic heterocycles. The third-order valence-electron chi connectivity index (χ3n) is 2.41. The van der Waals surface area contributed by atoms with E-state index in [0.29, 0.717) is 24.9 Å². The average molecular weight is 282 g/mol. The van der Waals surface area contributed by atoms with Crippen LogP contribution >= 0.6 is 11.8 Å². The third-order valence-corrected chi connectivity index (χ3v) is 3.30. The lowest BCUT2D eigenvalue weighted by atomic mass is 10.3. The molecule has 8 heteroatoms. The molecule has 102 valence electrons. The molecule has 7 nitrogen and oxygen atoms in total. The number of rotatable bonds is 4. The largest absolute Gasteiger partial charge is 0.383 e. The number of ether oxygens (including phenoxy) is 1. The van der Waals surface area contributed by atoms with Crippen LogP contribution in [0.1, 0.15) is 10.5 Å². The van der Waals surface area contributed by atoms with Crippen LogP contribution < -0.4 is 10.9 Å². The molecule has 19 heavy (non-hydrogen) atoms. The Labute approximate surface area is 114 Å². The Kier molecular flexibility index (Phi) is 4.69. The Balaban J connectivity index is 2.10. The zero-order chi connectivity index (χ0) is 13.7. The lowest BCUT2D eigenvalue weighted by Crippen LogP contribution is -2.32. The first-order valence-corrected chi connectivity index (χ1v) is 6.75. The number of carbonyl (C=O) groups is 1. The molecule has 0 unspecified atom stereocenters. The lowest BCUT2D eigenvalue weighted by molar-refractivity contribution is 0.0969. The van der Waals surface area contributed by atoms with Gasteiger partial charge in [0.1, 0.15) is 5.69 Å². The summed E-state index contributed by atoms with van der Waals surface area (Å²) in [5.74, 6) is 0.510. The van der Waals surface area contributed by atoms with E-state index in [9.17, 15) is 9.59 Å². The van der Waals surface area contributed by atoms with Gasteiger partial charge in [0.2, 0.25) is 0 Å². The molecule has 0 aromatic carbocycles. The molecule has 2 heterocycles. The van der Waals surface area contributed by atoms with Gasteiger partial charge in [0, 0.05) is 18.9 Å². The van der Waals surface area contributed by atoms with E-state index in [1.54, 1.807) is 0 Å². The van der Waals surface area contributed by atoms with Crippen LogP contribution in [0.5, 0.6) is 0 Å². The second kappa shape index (κ2) is 6.48. The molecule has 1 aromatic rings. The molecule has 0 radical (unpaired) electrons. The number of nitrogens with one attached hydrogen (secondary N) is 1. The highest BCUT2D eigenvalue weighted by Crippen LogP contribution is 2.09. The summed E-state index contributed by atoms with van der Waals surface area (Å²) in [5.41, 5.74) is -0.0768. The zero-order valence-electron chi connectivity index (χ0n) is 10.5. The molecule has 0 aliphatic carbocycles. The molecule has 1 N–H and O–H groups in total. The number of carbonyl (C=O) groups excluding carboxylic acids is 1. The summed E-state index contributed by atoms with van der Waals surface area (Å²) in [7, 11) is 1.54. The van der Waals surface area contributed by atoms with Crippen molar-refractivity contribution in [2.45, 2.75) is 6.54 Å². The van der Waals surface area contributed by atoms with Crippen molar-refractivity contribution in [2.24, 2.45) is 4.99 Å². The maximum atomic E-state index is 11.9. The number of amidine groups is 1. The molecule has 1 amide bonds. The first-order valence-electron chi connectivity index (χ1n) is 5.76. The number of methoxy groups -OCH3 is 1. The molecule has 0 atom stereocenters. The smallest absolute Gasteiger partial charge is 0.277 e. The minimum Gasteiger partial charge on any atom is -0.383 e. The van der Waals surface area contributed by atoms with E-state index in [-0.39, 0.29) is 17.2 Å². The highest BCUT2D eigenvalue weighted by atomic mass is 32.2.